The lowest BCUT2D eigenvalue weighted by molar-refractivity contribution is 0.0728. The third-order valence-corrected chi connectivity index (χ3v) is 9.16. The molecule has 0 aliphatic heterocycles. The monoisotopic (exact) mass is 577 g/mol. The second-order valence-corrected chi connectivity index (χ2v) is 11.3. The van der Waals surface area contributed by atoms with Crippen LogP contribution in [0, 0.1) is 6.92 Å². The summed E-state index contributed by atoms with van der Waals surface area (Å²) in [4.78, 5) is 26.7. The van der Waals surface area contributed by atoms with E-state index >= 15 is 0 Å². The molecule has 3 aromatic heterocycles. The number of hydrogen-bond acceptors (Lipinski definition) is 6. The van der Waals surface area contributed by atoms with E-state index in [1.54, 1.807) is 30.3 Å². The quantitative estimate of drug-likeness (QED) is 0.209. The summed E-state index contributed by atoms with van der Waals surface area (Å²) in [6, 6.07) is 23.9. The standard InChI is InChI=1S/C28H17Cl2N3O3S2/c1-15-14-22(36-28(35)26-24(30)19-7-3-5-9-21(19)38-26)33(32-15)17-12-10-16(11-13-17)31-27(34)25-23(29)18-6-2-4-8-20(18)37-25/h2-14H,1H3,(H,31,34). The van der Waals surface area contributed by atoms with E-state index in [1.807, 2.05) is 55.5 Å². The zero-order valence-electron chi connectivity index (χ0n) is 19.7. The van der Waals surface area contributed by atoms with Gasteiger partial charge in [-0.25, -0.2) is 9.48 Å². The van der Waals surface area contributed by atoms with Crippen molar-refractivity contribution < 1.29 is 14.3 Å². The average molecular weight is 579 g/mol. The Balaban J connectivity index is 1.22. The molecule has 38 heavy (non-hydrogen) atoms. The summed E-state index contributed by atoms with van der Waals surface area (Å²) in [5, 5.41) is 9.84. The maximum atomic E-state index is 13.0. The fourth-order valence-corrected chi connectivity index (χ4v) is 6.85. The first-order valence-electron chi connectivity index (χ1n) is 11.4. The number of hydrogen-bond donors (Lipinski definition) is 1. The molecule has 1 amide bonds. The molecule has 6 aromatic rings. The molecule has 188 valence electrons. The SMILES string of the molecule is Cc1cc(OC(=O)c2sc3ccccc3c2Cl)n(-c2ccc(NC(=O)c3sc4ccccc4c3Cl)cc2)n1. The van der Waals surface area contributed by atoms with Crippen LogP contribution >= 0.6 is 45.9 Å². The topological polar surface area (TPSA) is 73.2 Å². The second-order valence-electron chi connectivity index (χ2n) is 8.41. The van der Waals surface area contributed by atoms with Gasteiger partial charge < -0.3 is 10.1 Å². The van der Waals surface area contributed by atoms with Gasteiger partial charge in [0.15, 0.2) is 0 Å². The second kappa shape index (κ2) is 9.89. The van der Waals surface area contributed by atoms with Crippen LogP contribution in [0.1, 0.15) is 25.0 Å². The molecule has 0 saturated carbocycles. The summed E-state index contributed by atoms with van der Waals surface area (Å²) < 4.78 is 9.10. The number of benzene rings is 3. The van der Waals surface area contributed by atoms with Gasteiger partial charge in [0, 0.05) is 31.9 Å². The van der Waals surface area contributed by atoms with Gasteiger partial charge in [-0.1, -0.05) is 59.6 Å². The lowest BCUT2D eigenvalue weighted by Gasteiger charge is -2.09. The highest BCUT2D eigenvalue weighted by molar-refractivity contribution is 7.22. The Kier molecular flexibility index (Phi) is 6.41. The van der Waals surface area contributed by atoms with Crippen LogP contribution in [-0.2, 0) is 0 Å². The van der Waals surface area contributed by atoms with Gasteiger partial charge >= 0.3 is 5.97 Å². The number of thiophene rings is 2. The predicted molar refractivity (Wildman–Crippen MR) is 155 cm³/mol. The van der Waals surface area contributed by atoms with Crippen molar-refractivity contribution in [2.45, 2.75) is 6.92 Å². The average Bonchev–Trinajstić information content (AvgIpc) is 3.57. The highest BCUT2D eigenvalue weighted by atomic mass is 35.5. The zero-order valence-corrected chi connectivity index (χ0v) is 22.8. The van der Waals surface area contributed by atoms with Crippen LogP contribution < -0.4 is 10.1 Å². The summed E-state index contributed by atoms with van der Waals surface area (Å²) in [5.41, 5.74) is 1.92. The number of halogens is 2. The molecule has 0 radical (unpaired) electrons. The van der Waals surface area contributed by atoms with E-state index in [4.69, 9.17) is 27.9 Å². The summed E-state index contributed by atoms with van der Waals surface area (Å²) in [6.07, 6.45) is 0. The van der Waals surface area contributed by atoms with Crippen LogP contribution in [0.25, 0.3) is 25.9 Å². The van der Waals surface area contributed by atoms with Crippen molar-refractivity contribution in [1.29, 1.82) is 0 Å². The molecule has 0 aliphatic rings. The molecule has 0 unspecified atom stereocenters. The number of rotatable bonds is 5. The lowest BCUT2D eigenvalue weighted by Crippen LogP contribution is -2.12. The molecule has 3 heterocycles. The van der Waals surface area contributed by atoms with Crippen molar-refractivity contribution in [1.82, 2.24) is 9.78 Å². The lowest BCUT2D eigenvalue weighted by atomic mass is 10.2. The van der Waals surface area contributed by atoms with Crippen molar-refractivity contribution in [3.63, 3.8) is 0 Å². The first kappa shape index (κ1) is 24.6. The molecule has 10 heteroatoms. The molecule has 0 atom stereocenters. The number of esters is 1. The molecule has 0 saturated heterocycles. The molecule has 0 spiro atoms. The van der Waals surface area contributed by atoms with E-state index in [-0.39, 0.29) is 11.8 Å². The van der Waals surface area contributed by atoms with E-state index in [0.717, 1.165) is 20.2 Å². The van der Waals surface area contributed by atoms with Crippen LogP contribution in [0.3, 0.4) is 0 Å². The number of anilines is 1. The number of carbonyl (C=O) groups is 2. The first-order valence-corrected chi connectivity index (χ1v) is 13.8. The van der Waals surface area contributed by atoms with Gasteiger partial charge in [-0.05, 0) is 43.3 Å². The third-order valence-electron chi connectivity index (χ3n) is 5.83. The number of aryl methyl sites for hydroxylation is 1. The molecule has 0 fully saturated rings. The van der Waals surface area contributed by atoms with Gasteiger partial charge in [-0.3, -0.25) is 4.79 Å². The van der Waals surface area contributed by atoms with E-state index < -0.39 is 5.97 Å². The van der Waals surface area contributed by atoms with Crippen molar-refractivity contribution in [3.8, 4) is 11.6 Å². The van der Waals surface area contributed by atoms with Gasteiger partial charge in [-0.15, -0.1) is 22.7 Å². The molecule has 6 rings (SSSR count). The summed E-state index contributed by atoms with van der Waals surface area (Å²) in [7, 11) is 0. The number of nitrogens with one attached hydrogen (secondary N) is 1. The fourth-order valence-electron chi connectivity index (χ4n) is 4.05. The van der Waals surface area contributed by atoms with Crippen molar-refractivity contribution in [2.75, 3.05) is 5.32 Å². The maximum absolute atomic E-state index is 13.0. The van der Waals surface area contributed by atoms with Gasteiger partial charge in [0.05, 0.1) is 21.4 Å². The molecular weight excluding hydrogens is 561 g/mol. The van der Waals surface area contributed by atoms with Gasteiger partial charge in [0.2, 0.25) is 5.88 Å². The minimum absolute atomic E-state index is 0.259. The van der Waals surface area contributed by atoms with Crippen LogP contribution in [0.4, 0.5) is 5.69 Å². The maximum Gasteiger partial charge on any atom is 0.356 e. The van der Waals surface area contributed by atoms with Crippen LogP contribution in [0.15, 0.2) is 78.9 Å². The minimum atomic E-state index is -0.554. The number of carbonyl (C=O) groups excluding carboxylic acids is 2. The Hall–Kier alpha value is -3.69. The van der Waals surface area contributed by atoms with E-state index in [1.165, 1.54) is 27.4 Å². The van der Waals surface area contributed by atoms with Crippen LogP contribution in [-0.4, -0.2) is 21.7 Å². The van der Waals surface area contributed by atoms with Gasteiger partial charge in [-0.2, -0.15) is 5.10 Å². The van der Waals surface area contributed by atoms with E-state index in [0.29, 0.717) is 36.9 Å². The minimum Gasteiger partial charge on any atom is -0.403 e. The molecule has 0 aliphatic carbocycles. The Morgan fingerprint density at radius 3 is 2.05 bits per heavy atom. The number of fused-ring (bicyclic) bond motifs is 2. The summed E-state index contributed by atoms with van der Waals surface area (Å²) >= 11 is 15.5. The Morgan fingerprint density at radius 2 is 1.42 bits per heavy atom. The molecular formula is C28H17Cl2N3O3S2. The first-order chi connectivity index (χ1) is 18.4. The number of nitrogens with zero attached hydrogens (tertiary/aromatic N) is 2. The summed E-state index contributed by atoms with van der Waals surface area (Å²) in [5.74, 6) is -0.579. The zero-order chi connectivity index (χ0) is 26.4. The smallest absolute Gasteiger partial charge is 0.356 e. The van der Waals surface area contributed by atoms with Crippen molar-refractivity contribution >= 4 is 83.6 Å². The highest BCUT2D eigenvalue weighted by Crippen LogP contribution is 2.37. The van der Waals surface area contributed by atoms with Crippen LogP contribution in [0.2, 0.25) is 10.0 Å². The summed E-state index contributed by atoms with van der Waals surface area (Å²) in [6.45, 7) is 1.81. The number of ether oxygens (including phenoxy) is 1. The molecule has 0 bridgehead atoms. The number of amides is 1. The van der Waals surface area contributed by atoms with Crippen molar-refractivity contribution in [2.24, 2.45) is 0 Å². The fraction of sp³-hybridized carbons (Fsp3) is 0.0357. The Bertz CT molecular complexity index is 1850. The molecule has 6 nitrogen and oxygen atoms in total. The van der Waals surface area contributed by atoms with Crippen molar-refractivity contribution in [3.05, 3.63) is 104 Å². The third kappa shape index (κ3) is 4.46. The normalized spacial score (nSPS) is 11.2. The highest BCUT2D eigenvalue weighted by Gasteiger charge is 2.22. The molecule has 1 N–H and O–H groups in total. The van der Waals surface area contributed by atoms with Crippen LogP contribution in [0.5, 0.6) is 5.88 Å². The van der Waals surface area contributed by atoms with Gasteiger partial charge in [0.1, 0.15) is 9.75 Å². The molecule has 3 aromatic carbocycles. The van der Waals surface area contributed by atoms with E-state index in [9.17, 15) is 9.59 Å². The Labute approximate surface area is 235 Å². The Morgan fingerprint density at radius 1 is 0.842 bits per heavy atom. The van der Waals surface area contributed by atoms with E-state index in [2.05, 4.69) is 10.4 Å². The predicted octanol–water partition coefficient (Wildman–Crippen LogP) is 8.39. The van der Waals surface area contributed by atoms with Gasteiger partial charge in [0.25, 0.3) is 5.91 Å². The largest absolute Gasteiger partial charge is 0.403 e. The number of aromatic nitrogens is 2.